The molecule has 140 valence electrons. The molecule has 7 heteroatoms. The Kier molecular flexibility index (Phi) is 6.16. The van der Waals surface area contributed by atoms with E-state index in [-0.39, 0.29) is 6.03 Å². The molecule has 1 aromatic rings. The predicted octanol–water partition coefficient (Wildman–Crippen LogP) is 3.00. The van der Waals surface area contributed by atoms with Gasteiger partial charge in [-0.05, 0) is 43.6 Å². The maximum absolute atomic E-state index is 12.5. The van der Waals surface area contributed by atoms with Crippen LogP contribution in [0.5, 0.6) is 0 Å². The molecule has 0 unspecified atom stereocenters. The normalized spacial score (nSPS) is 21.6. The number of hydrogen-bond donors (Lipinski definition) is 2. The lowest BCUT2D eigenvalue weighted by molar-refractivity contribution is -0.136. The first-order valence-corrected chi connectivity index (χ1v) is 9.33. The number of carbonyl (C=O) groups is 2. The number of urea groups is 1. The van der Waals surface area contributed by atoms with Crippen LogP contribution in [0.1, 0.15) is 37.3 Å². The van der Waals surface area contributed by atoms with Gasteiger partial charge in [0.2, 0.25) is 0 Å². The fourth-order valence-electron chi connectivity index (χ4n) is 3.55. The van der Waals surface area contributed by atoms with Gasteiger partial charge in [-0.15, -0.1) is 0 Å². The summed E-state index contributed by atoms with van der Waals surface area (Å²) in [5.74, 6) is -0.452. The number of hydrogen-bond acceptors (Lipinski definition) is 4. The molecule has 26 heavy (non-hydrogen) atoms. The van der Waals surface area contributed by atoms with Gasteiger partial charge in [0.05, 0.1) is 18.7 Å². The number of methoxy groups -OCH3 is 1. The van der Waals surface area contributed by atoms with Crippen molar-refractivity contribution in [3.63, 3.8) is 0 Å². The second-order valence-corrected chi connectivity index (χ2v) is 7.10. The lowest BCUT2D eigenvalue weighted by atomic mass is 9.95. The van der Waals surface area contributed by atoms with Crippen LogP contribution in [-0.2, 0) is 9.53 Å². The first kappa shape index (κ1) is 18.7. The van der Waals surface area contributed by atoms with Gasteiger partial charge in [-0.3, -0.25) is 4.90 Å². The Morgan fingerprint density at radius 3 is 2.65 bits per heavy atom. The van der Waals surface area contributed by atoms with E-state index in [4.69, 9.17) is 16.3 Å². The van der Waals surface area contributed by atoms with Crippen LogP contribution in [0.2, 0.25) is 5.02 Å². The van der Waals surface area contributed by atoms with Crippen LogP contribution < -0.4 is 10.6 Å². The summed E-state index contributed by atoms with van der Waals surface area (Å²) in [4.78, 5) is 27.1. The van der Waals surface area contributed by atoms with Crippen LogP contribution in [0, 0.1) is 0 Å². The molecule has 2 amide bonds. The number of halogens is 1. The number of nitrogens with one attached hydrogen (secondary N) is 2. The van der Waals surface area contributed by atoms with Crippen LogP contribution >= 0.6 is 11.6 Å². The van der Waals surface area contributed by atoms with Crippen molar-refractivity contribution in [3.8, 4) is 0 Å². The van der Waals surface area contributed by atoms with Gasteiger partial charge in [0.1, 0.15) is 0 Å². The molecule has 0 bridgehead atoms. The summed E-state index contributed by atoms with van der Waals surface area (Å²) in [6, 6.07) is 6.24. The molecule has 2 N–H and O–H groups in total. The number of esters is 1. The second kappa shape index (κ2) is 8.56. The summed E-state index contributed by atoms with van der Waals surface area (Å²) in [7, 11) is 1.35. The second-order valence-electron chi connectivity index (χ2n) is 6.66. The van der Waals surface area contributed by atoms with Gasteiger partial charge in [-0.25, -0.2) is 9.59 Å². The zero-order valence-electron chi connectivity index (χ0n) is 14.9. The van der Waals surface area contributed by atoms with Gasteiger partial charge in [-0.1, -0.05) is 36.6 Å². The molecule has 3 rings (SSSR count). The van der Waals surface area contributed by atoms with Crippen molar-refractivity contribution < 1.29 is 14.3 Å². The Hall–Kier alpha value is -2.05. The molecule has 0 spiro atoms. The third kappa shape index (κ3) is 4.37. The molecule has 0 radical (unpaired) electrons. The van der Waals surface area contributed by atoms with Crippen LogP contribution in [-0.4, -0.2) is 43.6 Å². The van der Waals surface area contributed by atoms with Crippen molar-refractivity contribution in [2.24, 2.45) is 0 Å². The molecule has 0 aliphatic carbocycles. The van der Waals surface area contributed by atoms with Crippen molar-refractivity contribution in [3.05, 3.63) is 46.1 Å². The lowest BCUT2D eigenvalue weighted by Gasteiger charge is -2.31. The van der Waals surface area contributed by atoms with E-state index in [1.165, 1.54) is 20.0 Å². The molecule has 1 atom stereocenters. The van der Waals surface area contributed by atoms with Crippen LogP contribution in [0.15, 0.2) is 35.5 Å². The number of rotatable bonds is 4. The van der Waals surface area contributed by atoms with Crippen LogP contribution in [0.3, 0.4) is 0 Å². The third-order valence-corrected chi connectivity index (χ3v) is 5.06. The Morgan fingerprint density at radius 1 is 1.27 bits per heavy atom. The maximum Gasteiger partial charge on any atom is 0.338 e. The molecule has 2 aliphatic rings. The fraction of sp³-hybridized carbons (Fsp3) is 0.474. The first-order valence-electron chi connectivity index (χ1n) is 8.95. The van der Waals surface area contributed by atoms with E-state index in [1.54, 1.807) is 18.2 Å². The third-order valence-electron chi connectivity index (χ3n) is 4.82. The molecule has 1 aromatic carbocycles. The molecule has 2 aliphatic heterocycles. The van der Waals surface area contributed by atoms with E-state index in [2.05, 4.69) is 15.5 Å². The molecule has 1 fully saturated rings. The van der Waals surface area contributed by atoms with Gasteiger partial charge in [0, 0.05) is 17.3 Å². The van der Waals surface area contributed by atoms with Gasteiger partial charge < -0.3 is 15.4 Å². The number of likely N-dealkylation sites (tertiary alicyclic amines) is 1. The molecule has 2 heterocycles. The summed E-state index contributed by atoms with van der Waals surface area (Å²) in [5.41, 5.74) is 1.78. The molecular weight excluding hydrogens is 354 g/mol. The Bertz CT molecular complexity index is 712. The van der Waals surface area contributed by atoms with E-state index < -0.39 is 12.0 Å². The standard InChI is InChI=1S/C19H24ClN3O3/c1-26-18(24)16-15(12-23-9-4-2-3-5-10-23)21-19(25)22-17(16)13-7-6-8-14(20)11-13/h6-8,11,17H,2-5,9-10,12H2,1H3,(H2,21,22,25)/t17-/m1/s1. The number of carbonyl (C=O) groups excluding carboxylic acids is 2. The Balaban J connectivity index is 1.97. The highest BCUT2D eigenvalue weighted by Gasteiger charge is 2.34. The molecular formula is C19H24ClN3O3. The highest BCUT2D eigenvalue weighted by atomic mass is 35.5. The minimum Gasteiger partial charge on any atom is -0.466 e. The predicted molar refractivity (Wildman–Crippen MR) is 99.8 cm³/mol. The number of nitrogens with zero attached hydrogens (tertiary/aromatic N) is 1. The van der Waals surface area contributed by atoms with E-state index in [0.29, 0.717) is 22.8 Å². The minimum absolute atomic E-state index is 0.326. The summed E-state index contributed by atoms with van der Waals surface area (Å²) in [6.07, 6.45) is 4.70. The number of amides is 2. The van der Waals surface area contributed by atoms with Gasteiger partial charge >= 0.3 is 12.0 Å². The van der Waals surface area contributed by atoms with E-state index in [0.717, 1.165) is 31.5 Å². The largest absolute Gasteiger partial charge is 0.466 e. The molecule has 0 aromatic heterocycles. The number of benzene rings is 1. The van der Waals surface area contributed by atoms with Crippen molar-refractivity contribution in [1.82, 2.24) is 15.5 Å². The number of ether oxygens (including phenoxy) is 1. The topological polar surface area (TPSA) is 70.7 Å². The minimum atomic E-state index is -0.586. The van der Waals surface area contributed by atoms with Gasteiger partial charge in [-0.2, -0.15) is 0 Å². The zero-order chi connectivity index (χ0) is 18.5. The SMILES string of the molecule is COC(=O)C1=C(CN2CCCCCC2)NC(=O)N[C@@H]1c1cccc(Cl)c1. The fourth-order valence-corrected chi connectivity index (χ4v) is 3.75. The summed E-state index contributed by atoms with van der Waals surface area (Å²) in [5, 5.41) is 6.19. The van der Waals surface area contributed by atoms with Crippen molar-refractivity contribution >= 4 is 23.6 Å². The van der Waals surface area contributed by atoms with E-state index in [1.807, 2.05) is 6.07 Å². The summed E-state index contributed by atoms with van der Waals surface area (Å²) < 4.78 is 5.01. The monoisotopic (exact) mass is 377 g/mol. The highest BCUT2D eigenvalue weighted by Crippen LogP contribution is 2.29. The van der Waals surface area contributed by atoms with Crippen molar-refractivity contribution in [2.45, 2.75) is 31.7 Å². The maximum atomic E-state index is 12.5. The molecule has 0 saturated carbocycles. The summed E-state index contributed by atoms with van der Waals surface area (Å²) in [6.45, 7) is 2.45. The van der Waals surface area contributed by atoms with Crippen molar-refractivity contribution in [2.75, 3.05) is 26.7 Å². The molecule has 6 nitrogen and oxygen atoms in total. The van der Waals surface area contributed by atoms with Crippen LogP contribution in [0.25, 0.3) is 0 Å². The van der Waals surface area contributed by atoms with Gasteiger partial charge in [0.15, 0.2) is 0 Å². The smallest absolute Gasteiger partial charge is 0.338 e. The Morgan fingerprint density at radius 2 is 2.00 bits per heavy atom. The van der Waals surface area contributed by atoms with E-state index in [9.17, 15) is 9.59 Å². The average Bonchev–Trinajstić information content (AvgIpc) is 2.89. The summed E-state index contributed by atoms with van der Waals surface area (Å²) >= 11 is 6.10. The molecule has 1 saturated heterocycles. The highest BCUT2D eigenvalue weighted by molar-refractivity contribution is 6.30. The average molecular weight is 378 g/mol. The van der Waals surface area contributed by atoms with Crippen LogP contribution in [0.4, 0.5) is 4.79 Å². The van der Waals surface area contributed by atoms with Crippen molar-refractivity contribution in [1.29, 1.82) is 0 Å². The van der Waals surface area contributed by atoms with E-state index >= 15 is 0 Å². The van der Waals surface area contributed by atoms with Gasteiger partial charge in [0.25, 0.3) is 0 Å². The quantitative estimate of drug-likeness (QED) is 0.791. The first-order chi connectivity index (χ1) is 12.6. The zero-order valence-corrected chi connectivity index (χ0v) is 15.6. The lowest BCUT2D eigenvalue weighted by Crippen LogP contribution is -2.48. The Labute approximate surface area is 158 Å².